The molecule has 2 aromatic rings. The van der Waals surface area contributed by atoms with Crippen LogP contribution in [-0.4, -0.2) is 4.98 Å². The molecule has 19 heavy (non-hydrogen) atoms. The molecule has 1 saturated carbocycles. The van der Waals surface area contributed by atoms with E-state index in [-0.39, 0.29) is 5.82 Å². The summed E-state index contributed by atoms with van der Waals surface area (Å²) in [5, 5.41) is 1.92. The van der Waals surface area contributed by atoms with E-state index in [1.165, 1.54) is 30.2 Å². The average molecular weight is 297 g/mol. The predicted octanol–water partition coefficient (Wildman–Crippen LogP) is 4.84. The van der Waals surface area contributed by atoms with Crippen molar-refractivity contribution in [1.82, 2.24) is 4.98 Å². The van der Waals surface area contributed by atoms with E-state index < -0.39 is 0 Å². The van der Waals surface area contributed by atoms with Gasteiger partial charge in [0.15, 0.2) is 0 Å². The molecule has 1 aliphatic carbocycles. The highest BCUT2D eigenvalue weighted by atomic mass is 35.5. The molecular weight excluding hydrogens is 283 g/mol. The summed E-state index contributed by atoms with van der Waals surface area (Å²) in [5.74, 6) is 0.106. The van der Waals surface area contributed by atoms with Crippen molar-refractivity contribution in [3.63, 3.8) is 0 Å². The molecule has 1 aromatic heterocycles. The molecule has 0 spiro atoms. The number of benzene rings is 1. The van der Waals surface area contributed by atoms with E-state index >= 15 is 0 Å². The molecule has 0 unspecified atom stereocenters. The zero-order chi connectivity index (χ0) is 13.4. The molecule has 3 rings (SSSR count). The van der Waals surface area contributed by atoms with Crippen molar-refractivity contribution in [1.29, 1.82) is 0 Å². The Bertz CT molecular complexity index is 585. The first-order valence-corrected chi connectivity index (χ1v) is 7.57. The molecule has 0 atom stereocenters. The summed E-state index contributed by atoms with van der Waals surface area (Å²) in [4.78, 5) is 4.55. The van der Waals surface area contributed by atoms with Crippen LogP contribution >= 0.6 is 22.9 Å². The molecule has 2 N–H and O–H groups in total. The number of aromatic nitrogens is 1. The standard InChI is InChI=1S/C14H14ClFN2S/c15-9-6-3-7-10(16)11(9)12-13(17)19-14(18-12)8-4-1-2-5-8/h3,6-8H,1-2,4-5,17H2. The van der Waals surface area contributed by atoms with E-state index in [4.69, 9.17) is 17.3 Å². The molecule has 0 aliphatic heterocycles. The molecule has 1 heterocycles. The Labute approximate surface area is 120 Å². The van der Waals surface area contributed by atoms with Crippen LogP contribution in [-0.2, 0) is 0 Å². The number of anilines is 1. The molecule has 1 aromatic carbocycles. The van der Waals surface area contributed by atoms with Crippen LogP contribution < -0.4 is 5.73 Å². The van der Waals surface area contributed by atoms with Crippen molar-refractivity contribution in [2.75, 3.05) is 5.73 Å². The predicted molar refractivity (Wildman–Crippen MR) is 78.1 cm³/mol. The van der Waals surface area contributed by atoms with Crippen LogP contribution in [0.1, 0.15) is 36.6 Å². The zero-order valence-electron chi connectivity index (χ0n) is 10.3. The van der Waals surface area contributed by atoms with Crippen molar-refractivity contribution >= 4 is 27.9 Å². The summed E-state index contributed by atoms with van der Waals surface area (Å²) < 4.78 is 13.9. The lowest BCUT2D eigenvalue weighted by Gasteiger charge is -2.04. The maximum Gasteiger partial charge on any atom is 0.134 e. The Morgan fingerprint density at radius 2 is 2.05 bits per heavy atom. The Morgan fingerprint density at radius 1 is 1.32 bits per heavy atom. The summed E-state index contributed by atoms with van der Waals surface area (Å²) in [5.41, 5.74) is 6.83. The fourth-order valence-corrected chi connectivity index (χ4v) is 3.86. The molecule has 1 aliphatic rings. The molecular formula is C14H14ClFN2S. The molecule has 0 bridgehead atoms. The lowest BCUT2D eigenvalue weighted by molar-refractivity contribution is 0.630. The minimum atomic E-state index is -0.373. The van der Waals surface area contributed by atoms with E-state index in [0.717, 1.165) is 17.8 Å². The highest BCUT2D eigenvalue weighted by Gasteiger charge is 2.24. The van der Waals surface area contributed by atoms with Crippen LogP contribution in [0.5, 0.6) is 0 Å². The van der Waals surface area contributed by atoms with Crippen molar-refractivity contribution in [3.8, 4) is 11.3 Å². The van der Waals surface area contributed by atoms with E-state index in [1.54, 1.807) is 12.1 Å². The number of nitrogens with zero attached hydrogens (tertiary/aromatic N) is 1. The first-order valence-electron chi connectivity index (χ1n) is 6.37. The Kier molecular flexibility index (Phi) is 3.46. The zero-order valence-corrected chi connectivity index (χ0v) is 11.9. The fourth-order valence-electron chi connectivity index (χ4n) is 2.60. The Balaban J connectivity index is 2.05. The second kappa shape index (κ2) is 5.10. The second-order valence-corrected chi connectivity index (χ2v) is 6.31. The lowest BCUT2D eigenvalue weighted by Crippen LogP contribution is -1.93. The maximum atomic E-state index is 13.9. The maximum absolute atomic E-state index is 13.9. The average Bonchev–Trinajstić information content (AvgIpc) is 2.99. The lowest BCUT2D eigenvalue weighted by atomic mass is 10.1. The number of thiazole rings is 1. The summed E-state index contributed by atoms with van der Waals surface area (Å²) in [6.07, 6.45) is 4.77. The summed E-state index contributed by atoms with van der Waals surface area (Å²) >= 11 is 7.54. The number of nitrogen functional groups attached to an aromatic ring is 1. The number of nitrogens with two attached hydrogens (primary N) is 1. The largest absolute Gasteiger partial charge is 0.389 e. The SMILES string of the molecule is Nc1sc(C2CCCC2)nc1-c1c(F)cccc1Cl. The van der Waals surface area contributed by atoms with Gasteiger partial charge in [0, 0.05) is 5.92 Å². The summed E-state index contributed by atoms with van der Waals surface area (Å²) in [6, 6.07) is 4.63. The van der Waals surface area contributed by atoms with Crippen LogP contribution in [0.2, 0.25) is 5.02 Å². The van der Waals surface area contributed by atoms with Crippen molar-refractivity contribution < 1.29 is 4.39 Å². The van der Waals surface area contributed by atoms with Gasteiger partial charge in [-0.05, 0) is 25.0 Å². The van der Waals surface area contributed by atoms with Crippen LogP contribution in [0.15, 0.2) is 18.2 Å². The van der Waals surface area contributed by atoms with Gasteiger partial charge in [-0.3, -0.25) is 0 Å². The first-order chi connectivity index (χ1) is 9.16. The van der Waals surface area contributed by atoms with Crippen LogP contribution in [0.25, 0.3) is 11.3 Å². The smallest absolute Gasteiger partial charge is 0.134 e. The minimum Gasteiger partial charge on any atom is -0.389 e. The van der Waals surface area contributed by atoms with Gasteiger partial charge in [0.1, 0.15) is 16.5 Å². The summed E-state index contributed by atoms with van der Waals surface area (Å²) in [6.45, 7) is 0. The molecule has 1 fully saturated rings. The van der Waals surface area contributed by atoms with E-state index in [0.29, 0.717) is 27.2 Å². The van der Waals surface area contributed by atoms with E-state index in [9.17, 15) is 4.39 Å². The molecule has 2 nitrogen and oxygen atoms in total. The summed E-state index contributed by atoms with van der Waals surface area (Å²) in [7, 11) is 0. The first kappa shape index (κ1) is 12.9. The Morgan fingerprint density at radius 3 is 2.74 bits per heavy atom. The molecule has 0 amide bonds. The van der Waals surface area contributed by atoms with E-state index in [2.05, 4.69) is 4.98 Å². The van der Waals surface area contributed by atoms with Gasteiger partial charge in [0.05, 0.1) is 15.6 Å². The van der Waals surface area contributed by atoms with Gasteiger partial charge in [-0.1, -0.05) is 30.5 Å². The van der Waals surface area contributed by atoms with Gasteiger partial charge in [0.2, 0.25) is 0 Å². The minimum absolute atomic E-state index is 0.321. The van der Waals surface area contributed by atoms with Crippen LogP contribution in [0, 0.1) is 5.82 Å². The molecule has 0 saturated heterocycles. The number of hydrogen-bond donors (Lipinski definition) is 1. The quantitative estimate of drug-likeness (QED) is 0.861. The second-order valence-electron chi connectivity index (χ2n) is 4.84. The van der Waals surface area contributed by atoms with Crippen LogP contribution in [0.3, 0.4) is 0 Å². The number of hydrogen-bond acceptors (Lipinski definition) is 3. The molecule has 0 radical (unpaired) electrons. The highest BCUT2D eigenvalue weighted by Crippen LogP contribution is 2.42. The van der Waals surface area contributed by atoms with Gasteiger partial charge >= 0.3 is 0 Å². The number of halogens is 2. The highest BCUT2D eigenvalue weighted by molar-refractivity contribution is 7.16. The number of rotatable bonds is 2. The third kappa shape index (κ3) is 2.35. The van der Waals surface area contributed by atoms with Gasteiger partial charge in [-0.15, -0.1) is 11.3 Å². The van der Waals surface area contributed by atoms with Gasteiger partial charge in [0.25, 0.3) is 0 Å². The molecule has 5 heteroatoms. The third-order valence-electron chi connectivity index (χ3n) is 3.57. The van der Waals surface area contributed by atoms with Crippen LogP contribution in [0.4, 0.5) is 9.39 Å². The normalized spacial score (nSPS) is 16.1. The fraction of sp³-hybridized carbons (Fsp3) is 0.357. The molecule has 100 valence electrons. The van der Waals surface area contributed by atoms with Crippen molar-refractivity contribution in [2.24, 2.45) is 0 Å². The topological polar surface area (TPSA) is 38.9 Å². The van der Waals surface area contributed by atoms with Gasteiger partial charge in [-0.2, -0.15) is 0 Å². The van der Waals surface area contributed by atoms with Gasteiger partial charge < -0.3 is 5.73 Å². The van der Waals surface area contributed by atoms with Crippen molar-refractivity contribution in [3.05, 3.63) is 34.0 Å². The van der Waals surface area contributed by atoms with Gasteiger partial charge in [-0.25, -0.2) is 9.37 Å². The Hall–Kier alpha value is -1.13. The van der Waals surface area contributed by atoms with Crippen molar-refractivity contribution in [2.45, 2.75) is 31.6 Å². The third-order valence-corrected chi connectivity index (χ3v) is 4.94. The monoisotopic (exact) mass is 296 g/mol. The van der Waals surface area contributed by atoms with E-state index in [1.807, 2.05) is 0 Å².